The predicted molar refractivity (Wildman–Crippen MR) is 119 cm³/mol. The van der Waals surface area contributed by atoms with Crippen LogP contribution >= 0.6 is 0 Å². The molecule has 0 saturated heterocycles. The van der Waals surface area contributed by atoms with Crippen LogP contribution in [0.5, 0.6) is 17.2 Å². The molecule has 158 valence electrons. The largest absolute Gasteiger partial charge is 0.484 e. The number of ether oxygens (including phenoxy) is 3. The minimum atomic E-state index is -0.342. The zero-order chi connectivity index (χ0) is 21.7. The molecule has 0 aliphatic carbocycles. The number of amides is 1. The van der Waals surface area contributed by atoms with Crippen molar-refractivity contribution in [1.29, 1.82) is 0 Å². The highest BCUT2D eigenvalue weighted by Crippen LogP contribution is 2.33. The van der Waals surface area contributed by atoms with Gasteiger partial charge in [0.25, 0.3) is 5.91 Å². The Morgan fingerprint density at radius 3 is 2.48 bits per heavy atom. The van der Waals surface area contributed by atoms with Gasteiger partial charge in [-0.1, -0.05) is 56.3 Å². The third-order valence-electron chi connectivity index (χ3n) is 5.24. The maximum absolute atomic E-state index is 12.0. The van der Waals surface area contributed by atoms with Gasteiger partial charge in [-0.15, -0.1) is 0 Å². The summed E-state index contributed by atoms with van der Waals surface area (Å²) in [7, 11) is 0. The van der Waals surface area contributed by atoms with Crippen LogP contribution in [0, 0.1) is 0 Å². The molecule has 0 radical (unpaired) electrons. The van der Waals surface area contributed by atoms with Gasteiger partial charge in [0.15, 0.2) is 18.1 Å². The van der Waals surface area contributed by atoms with E-state index in [1.54, 1.807) is 18.3 Å². The number of carbonyl (C=O) groups excluding carboxylic acids is 1. The molecule has 1 N–H and O–H groups in total. The van der Waals surface area contributed by atoms with E-state index in [2.05, 4.69) is 36.5 Å². The number of benzene rings is 3. The lowest BCUT2D eigenvalue weighted by Gasteiger charge is -2.26. The van der Waals surface area contributed by atoms with Crippen LogP contribution < -0.4 is 19.6 Å². The number of hydrogen-bond acceptors (Lipinski definition) is 5. The predicted octanol–water partition coefficient (Wildman–Crippen LogP) is 4.27. The van der Waals surface area contributed by atoms with Crippen molar-refractivity contribution in [2.75, 3.05) is 13.4 Å². The van der Waals surface area contributed by atoms with Crippen LogP contribution in [-0.2, 0) is 10.2 Å². The molecular weight excluding hydrogens is 392 g/mol. The normalized spacial score (nSPS) is 12.7. The summed E-state index contributed by atoms with van der Waals surface area (Å²) in [6.45, 7) is 4.46. The third kappa shape index (κ3) is 4.86. The molecular formula is C25H24N2O4. The Kier molecular flexibility index (Phi) is 5.89. The molecule has 6 heteroatoms. The second-order valence-electron chi connectivity index (χ2n) is 7.71. The Hall–Kier alpha value is -3.80. The number of hydrazone groups is 1. The highest BCUT2D eigenvalue weighted by atomic mass is 16.7. The molecule has 1 amide bonds. The Morgan fingerprint density at radius 2 is 1.71 bits per heavy atom. The first-order valence-electron chi connectivity index (χ1n) is 10.0. The molecule has 0 fully saturated rings. The van der Waals surface area contributed by atoms with Crippen molar-refractivity contribution < 1.29 is 19.0 Å². The quantitative estimate of drug-likeness (QED) is 0.461. The van der Waals surface area contributed by atoms with E-state index in [4.69, 9.17) is 14.2 Å². The fourth-order valence-electron chi connectivity index (χ4n) is 3.34. The zero-order valence-electron chi connectivity index (χ0n) is 17.5. The number of nitrogens with one attached hydrogen (secondary N) is 1. The highest BCUT2D eigenvalue weighted by Gasteiger charge is 2.22. The molecule has 1 aliphatic rings. The van der Waals surface area contributed by atoms with Crippen LogP contribution in [0.1, 0.15) is 30.5 Å². The van der Waals surface area contributed by atoms with Crippen molar-refractivity contribution >= 4 is 12.1 Å². The molecule has 0 atom stereocenters. The van der Waals surface area contributed by atoms with Crippen LogP contribution in [0.2, 0.25) is 0 Å². The molecule has 6 nitrogen and oxygen atoms in total. The minimum absolute atomic E-state index is 0.124. The molecule has 31 heavy (non-hydrogen) atoms. The van der Waals surface area contributed by atoms with Gasteiger partial charge in [0, 0.05) is 5.41 Å². The minimum Gasteiger partial charge on any atom is -0.484 e. The van der Waals surface area contributed by atoms with E-state index in [0.29, 0.717) is 17.2 Å². The fraction of sp³-hybridized carbons (Fsp3) is 0.200. The Morgan fingerprint density at radius 1 is 1.00 bits per heavy atom. The Balaban J connectivity index is 1.28. The Bertz CT molecular complexity index is 1080. The van der Waals surface area contributed by atoms with Crippen molar-refractivity contribution in [2.45, 2.75) is 19.3 Å². The summed E-state index contributed by atoms with van der Waals surface area (Å²) in [6.07, 6.45) is 1.54. The maximum Gasteiger partial charge on any atom is 0.277 e. The molecule has 3 aromatic carbocycles. The van der Waals surface area contributed by atoms with Gasteiger partial charge in [-0.3, -0.25) is 4.79 Å². The van der Waals surface area contributed by atoms with Crippen molar-refractivity contribution in [3.8, 4) is 17.2 Å². The molecule has 1 heterocycles. The number of hydrogen-bond donors (Lipinski definition) is 1. The summed E-state index contributed by atoms with van der Waals surface area (Å²) in [4.78, 5) is 12.0. The third-order valence-corrected chi connectivity index (χ3v) is 5.24. The van der Waals surface area contributed by atoms with Crippen LogP contribution in [0.3, 0.4) is 0 Å². The molecule has 0 spiro atoms. The van der Waals surface area contributed by atoms with Crippen molar-refractivity contribution in [3.63, 3.8) is 0 Å². The molecule has 3 aromatic rings. The smallest absolute Gasteiger partial charge is 0.277 e. The second-order valence-corrected chi connectivity index (χ2v) is 7.71. The first kappa shape index (κ1) is 20.5. The second kappa shape index (κ2) is 8.92. The summed E-state index contributed by atoms with van der Waals surface area (Å²) in [6, 6.07) is 23.6. The monoisotopic (exact) mass is 416 g/mol. The van der Waals surface area contributed by atoms with Gasteiger partial charge in [-0.05, 0) is 47.0 Å². The molecule has 0 bridgehead atoms. The fourth-order valence-corrected chi connectivity index (χ4v) is 3.34. The number of fused-ring (bicyclic) bond motifs is 1. The van der Waals surface area contributed by atoms with Gasteiger partial charge in [-0.25, -0.2) is 5.43 Å². The molecule has 4 rings (SSSR count). The van der Waals surface area contributed by atoms with Crippen LogP contribution in [0.4, 0.5) is 0 Å². The van der Waals surface area contributed by atoms with Gasteiger partial charge in [0.05, 0.1) is 6.21 Å². The van der Waals surface area contributed by atoms with Gasteiger partial charge in [0.1, 0.15) is 5.75 Å². The van der Waals surface area contributed by atoms with Crippen molar-refractivity contribution in [1.82, 2.24) is 5.43 Å². The number of nitrogens with zero attached hydrogens (tertiary/aromatic N) is 1. The summed E-state index contributed by atoms with van der Waals surface area (Å²) in [5, 5.41) is 3.96. The van der Waals surface area contributed by atoms with E-state index >= 15 is 0 Å². The lowest BCUT2D eigenvalue weighted by atomic mass is 9.78. The van der Waals surface area contributed by atoms with Crippen LogP contribution in [0.25, 0.3) is 0 Å². The molecule has 1 aliphatic heterocycles. The standard InChI is InChI=1S/C25H24N2O4/c1-25(2,19-6-4-3-5-7-19)20-9-11-21(12-10-20)29-16-24(28)27-26-15-18-8-13-22-23(14-18)31-17-30-22/h3-15H,16-17H2,1-2H3,(H,27,28). The average molecular weight is 416 g/mol. The van der Waals surface area contributed by atoms with E-state index in [0.717, 1.165) is 5.56 Å². The van der Waals surface area contributed by atoms with Crippen molar-refractivity contribution in [3.05, 3.63) is 89.5 Å². The van der Waals surface area contributed by atoms with Crippen molar-refractivity contribution in [2.24, 2.45) is 5.10 Å². The lowest BCUT2D eigenvalue weighted by Crippen LogP contribution is -2.24. The number of rotatable bonds is 7. The summed E-state index contributed by atoms with van der Waals surface area (Å²) >= 11 is 0. The number of carbonyl (C=O) groups is 1. The SMILES string of the molecule is CC(C)(c1ccccc1)c1ccc(OCC(=O)NN=Cc2ccc3c(c2)OCO3)cc1. The van der Waals surface area contributed by atoms with E-state index in [1.807, 2.05) is 48.5 Å². The molecule has 0 aromatic heterocycles. The van der Waals surface area contributed by atoms with E-state index in [-0.39, 0.29) is 24.7 Å². The maximum atomic E-state index is 12.0. The highest BCUT2D eigenvalue weighted by molar-refractivity contribution is 5.83. The summed E-state index contributed by atoms with van der Waals surface area (Å²) < 4.78 is 16.2. The van der Waals surface area contributed by atoms with E-state index < -0.39 is 0 Å². The molecule has 0 saturated carbocycles. The summed E-state index contributed by atoms with van der Waals surface area (Å²) in [5.74, 6) is 1.65. The average Bonchev–Trinajstić information content (AvgIpc) is 3.26. The Labute approximate surface area is 181 Å². The van der Waals surface area contributed by atoms with Crippen LogP contribution in [-0.4, -0.2) is 25.5 Å². The van der Waals surface area contributed by atoms with E-state index in [1.165, 1.54) is 11.1 Å². The van der Waals surface area contributed by atoms with Gasteiger partial charge in [0.2, 0.25) is 6.79 Å². The zero-order valence-corrected chi connectivity index (χ0v) is 17.5. The first-order valence-corrected chi connectivity index (χ1v) is 10.0. The molecule has 0 unspecified atom stereocenters. The lowest BCUT2D eigenvalue weighted by molar-refractivity contribution is -0.123. The van der Waals surface area contributed by atoms with Gasteiger partial charge >= 0.3 is 0 Å². The van der Waals surface area contributed by atoms with Gasteiger partial charge in [-0.2, -0.15) is 5.10 Å². The summed E-state index contributed by atoms with van der Waals surface area (Å²) in [5.41, 5.74) is 5.54. The van der Waals surface area contributed by atoms with Gasteiger partial charge < -0.3 is 14.2 Å². The van der Waals surface area contributed by atoms with Crippen LogP contribution in [0.15, 0.2) is 77.9 Å². The topological polar surface area (TPSA) is 69.2 Å². The first-order chi connectivity index (χ1) is 15.0. The van der Waals surface area contributed by atoms with E-state index in [9.17, 15) is 4.79 Å².